The molecule has 1 aromatic rings. The first-order chi connectivity index (χ1) is 9.49. The number of amides is 1. The molecule has 0 bridgehead atoms. The molecule has 0 unspecified atom stereocenters. The van der Waals surface area contributed by atoms with Gasteiger partial charge in [0.15, 0.2) is 0 Å². The van der Waals surface area contributed by atoms with Crippen molar-refractivity contribution in [3.63, 3.8) is 0 Å². The fourth-order valence-corrected chi connectivity index (χ4v) is 2.20. The van der Waals surface area contributed by atoms with E-state index < -0.39 is 0 Å². The smallest absolute Gasteiger partial charge is 0.307 e. The molecule has 0 fully saturated rings. The lowest BCUT2D eigenvalue weighted by molar-refractivity contribution is -0.143. The van der Waals surface area contributed by atoms with E-state index in [4.69, 9.17) is 4.74 Å². The molecular weight excluding hydrogens is 274 g/mol. The second-order valence-electron chi connectivity index (χ2n) is 4.46. The number of rotatable bonds is 6. The second kappa shape index (κ2) is 7.94. The van der Waals surface area contributed by atoms with Gasteiger partial charge in [-0.1, -0.05) is 6.07 Å². The summed E-state index contributed by atoms with van der Waals surface area (Å²) in [6.07, 6.45) is 2.20. The van der Waals surface area contributed by atoms with E-state index in [-0.39, 0.29) is 18.3 Å². The molecule has 4 nitrogen and oxygen atoms in total. The van der Waals surface area contributed by atoms with Gasteiger partial charge < -0.3 is 9.64 Å². The van der Waals surface area contributed by atoms with Crippen molar-refractivity contribution in [3.05, 3.63) is 29.3 Å². The molecule has 0 aliphatic carbocycles. The molecule has 0 saturated heterocycles. The lowest BCUT2D eigenvalue weighted by Crippen LogP contribution is -2.30. The van der Waals surface area contributed by atoms with Gasteiger partial charge in [0.2, 0.25) is 0 Å². The fourth-order valence-electron chi connectivity index (χ4n) is 1.76. The highest BCUT2D eigenvalue weighted by atomic mass is 32.2. The van der Waals surface area contributed by atoms with Crippen molar-refractivity contribution in [3.8, 4) is 0 Å². The lowest BCUT2D eigenvalue weighted by atomic mass is 10.1. The van der Waals surface area contributed by atoms with Crippen molar-refractivity contribution in [1.29, 1.82) is 0 Å². The van der Waals surface area contributed by atoms with Crippen LogP contribution in [0.5, 0.6) is 0 Å². The maximum atomic E-state index is 12.4. The van der Waals surface area contributed by atoms with Gasteiger partial charge in [-0.2, -0.15) is 0 Å². The zero-order valence-electron chi connectivity index (χ0n) is 12.4. The Kier molecular flexibility index (Phi) is 6.58. The van der Waals surface area contributed by atoms with Crippen molar-refractivity contribution in [2.45, 2.75) is 25.2 Å². The molecule has 1 aromatic carbocycles. The molecular formula is C15H21NO3S. The number of ether oxygens (including phenoxy) is 1. The standard InChI is InChI=1S/C15H21NO3S/c1-5-19-14(17)8-9-16(3)15(18)13-10-12(20-4)7-6-11(13)2/h6-7,10H,5,8-9H2,1-4H3. The third-order valence-electron chi connectivity index (χ3n) is 2.98. The minimum Gasteiger partial charge on any atom is -0.466 e. The van der Waals surface area contributed by atoms with E-state index in [0.717, 1.165) is 10.5 Å². The predicted octanol–water partition coefficient (Wildman–Crippen LogP) is 2.74. The lowest BCUT2D eigenvalue weighted by Gasteiger charge is -2.18. The van der Waals surface area contributed by atoms with E-state index in [1.165, 1.54) is 0 Å². The number of hydrogen-bond donors (Lipinski definition) is 0. The van der Waals surface area contributed by atoms with Crippen molar-refractivity contribution in [1.82, 2.24) is 4.90 Å². The molecule has 0 radical (unpaired) electrons. The average molecular weight is 295 g/mol. The fraction of sp³-hybridized carbons (Fsp3) is 0.467. The first-order valence-corrected chi connectivity index (χ1v) is 7.77. The first-order valence-electron chi connectivity index (χ1n) is 6.55. The third kappa shape index (κ3) is 4.56. The van der Waals surface area contributed by atoms with Crippen LogP contribution in [0.15, 0.2) is 23.1 Å². The topological polar surface area (TPSA) is 46.6 Å². The summed E-state index contributed by atoms with van der Waals surface area (Å²) in [5.41, 5.74) is 1.62. The molecule has 20 heavy (non-hydrogen) atoms. The van der Waals surface area contributed by atoms with Gasteiger partial charge in [0.05, 0.1) is 13.0 Å². The van der Waals surface area contributed by atoms with Crippen LogP contribution in [0, 0.1) is 6.92 Å². The molecule has 0 heterocycles. The minimum atomic E-state index is -0.276. The van der Waals surface area contributed by atoms with E-state index in [9.17, 15) is 9.59 Å². The summed E-state index contributed by atoms with van der Waals surface area (Å²) in [5.74, 6) is -0.343. The van der Waals surface area contributed by atoms with Gasteiger partial charge >= 0.3 is 5.97 Å². The summed E-state index contributed by atoms with van der Waals surface area (Å²) in [4.78, 5) is 26.3. The molecule has 5 heteroatoms. The number of carbonyl (C=O) groups is 2. The molecule has 0 aliphatic heterocycles. The number of aryl methyl sites for hydroxylation is 1. The highest BCUT2D eigenvalue weighted by molar-refractivity contribution is 7.98. The Morgan fingerprint density at radius 3 is 2.65 bits per heavy atom. The number of benzene rings is 1. The Labute approximate surface area is 124 Å². The summed E-state index contributed by atoms with van der Waals surface area (Å²) in [6.45, 7) is 4.41. The summed E-state index contributed by atoms with van der Waals surface area (Å²) < 4.78 is 4.86. The van der Waals surface area contributed by atoms with Gasteiger partial charge in [-0.15, -0.1) is 11.8 Å². The number of hydrogen-bond acceptors (Lipinski definition) is 4. The van der Waals surface area contributed by atoms with E-state index in [2.05, 4.69) is 0 Å². The summed E-state index contributed by atoms with van der Waals surface area (Å²) in [6, 6.07) is 5.83. The Morgan fingerprint density at radius 1 is 1.35 bits per heavy atom. The quantitative estimate of drug-likeness (QED) is 0.598. The van der Waals surface area contributed by atoms with E-state index in [1.54, 1.807) is 30.6 Å². The SMILES string of the molecule is CCOC(=O)CCN(C)C(=O)c1cc(SC)ccc1C. The zero-order valence-corrected chi connectivity index (χ0v) is 13.3. The number of nitrogens with zero attached hydrogens (tertiary/aromatic N) is 1. The third-order valence-corrected chi connectivity index (χ3v) is 3.70. The van der Waals surface area contributed by atoms with Gasteiger partial charge in [-0.3, -0.25) is 9.59 Å². The van der Waals surface area contributed by atoms with E-state index >= 15 is 0 Å². The van der Waals surface area contributed by atoms with Crippen LogP contribution in [0.2, 0.25) is 0 Å². The van der Waals surface area contributed by atoms with Crippen LogP contribution in [-0.2, 0) is 9.53 Å². The minimum absolute atomic E-state index is 0.0669. The van der Waals surface area contributed by atoms with Gasteiger partial charge in [0.1, 0.15) is 0 Å². The molecule has 0 saturated carbocycles. The second-order valence-corrected chi connectivity index (χ2v) is 5.34. The molecule has 0 atom stereocenters. The van der Waals surface area contributed by atoms with Crippen LogP contribution >= 0.6 is 11.8 Å². The molecule has 0 aromatic heterocycles. The summed E-state index contributed by atoms with van der Waals surface area (Å²) in [7, 11) is 1.70. The van der Waals surface area contributed by atoms with Crippen LogP contribution in [0.25, 0.3) is 0 Å². The Bertz CT molecular complexity index is 488. The first kappa shape index (κ1) is 16.6. The summed E-state index contributed by atoms with van der Waals surface area (Å²) in [5, 5.41) is 0. The van der Waals surface area contributed by atoms with Gasteiger partial charge in [0, 0.05) is 24.1 Å². The van der Waals surface area contributed by atoms with Crippen molar-refractivity contribution in [2.75, 3.05) is 26.5 Å². The van der Waals surface area contributed by atoms with Crippen molar-refractivity contribution in [2.24, 2.45) is 0 Å². The summed E-state index contributed by atoms with van der Waals surface area (Å²) >= 11 is 1.60. The zero-order chi connectivity index (χ0) is 15.1. The molecule has 0 spiro atoms. The molecule has 0 N–H and O–H groups in total. The Morgan fingerprint density at radius 2 is 2.05 bits per heavy atom. The molecule has 1 amide bonds. The van der Waals surface area contributed by atoms with Crippen LogP contribution in [0.3, 0.4) is 0 Å². The van der Waals surface area contributed by atoms with Gasteiger partial charge in [-0.05, 0) is 37.8 Å². The maximum Gasteiger partial charge on any atom is 0.307 e. The van der Waals surface area contributed by atoms with Crippen LogP contribution < -0.4 is 0 Å². The Balaban J connectivity index is 2.71. The number of thioether (sulfide) groups is 1. The highest BCUT2D eigenvalue weighted by Gasteiger charge is 2.16. The van der Waals surface area contributed by atoms with Gasteiger partial charge in [0.25, 0.3) is 5.91 Å². The van der Waals surface area contributed by atoms with Crippen molar-refractivity contribution < 1.29 is 14.3 Å². The monoisotopic (exact) mass is 295 g/mol. The number of carbonyl (C=O) groups excluding carboxylic acids is 2. The largest absolute Gasteiger partial charge is 0.466 e. The normalized spacial score (nSPS) is 10.2. The molecule has 0 aliphatic rings. The van der Waals surface area contributed by atoms with E-state index in [1.807, 2.05) is 31.4 Å². The van der Waals surface area contributed by atoms with Crippen LogP contribution in [-0.4, -0.2) is 43.2 Å². The van der Waals surface area contributed by atoms with Crippen LogP contribution in [0.1, 0.15) is 29.3 Å². The van der Waals surface area contributed by atoms with E-state index in [0.29, 0.717) is 18.7 Å². The van der Waals surface area contributed by atoms with Crippen LogP contribution in [0.4, 0.5) is 0 Å². The number of esters is 1. The Hall–Kier alpha value is -1.49. The average Bonchev–Trinajstić information content (AvgIpc) is 2.45. The maximum absolute atomic E-state index is 12.4. The highest BCUT2D eigenvalue weighted by Crippen LogP contribution is 2.20. The molecule has 1 rings (SSSR count). The van der Waals surface area contributed by atoms with Crippen molar-refractivity contribution >= 4 is 23.6 Å². The molecule has 110 valence electrons. The predicted molar refractivity (Wildman–Crippen MR) is 81.2 cm³/mol. The van der Waals surface area contributed by atoms with Gasteiger partial charge in [-0.25, -0.2) is 0 Å².